The molecule has 2 aromatic heterocycles. The Bertz CT molecular complexity index is 376. The molecule has 0 saturated carbocycles. The lowest BCUT2D eigenvalue weighted by Crippen LogP contribution is -2.14. The number of hydrogen-bond acceptors (Lipinski definition) is 3. The predicted octanol–water partition coefficient (Wildman–Crippen LogP) is 0.731. The number of aryl methyl sites for hydroxylation is 1. The van der Waals surface area contributed by atoms with Gasteiger partial charge in [-0.2, -0.15) is 0 Å². The summed E-state index contributed by atoms with van der Waals surface area (Å²) in [6.07, 6.45) is 5.27. The van der Waals surface area contributed by atoms with Crippen LogP contribution in [0.15, 0.2) is 18.7 Å². The van der Waals surface area contributed by atoms with E-state index in [1.54, 1.807) is 12.5 Å². The second kappa shape index (κ2) is 4.06. The van der Waals surface area contributed by atoms with Crippen molar-refractivity contribution in [2.75, 3.05) is 0 Å². The summed E-state index contributed by atoms with van der Waals surface area (Å²) in [7, 11) is 0. The molecule has 5 heteroatoms. The van der Waals surface area contributed by atoms with Gasteiger partial charge < -0.3 is 15.3 Å². The smallest absolute Gasteiger partial charge is 0.120 e. The van der Waals surface area contributed by atoms with Gasteiger partial charge in [0, 0.05) is 24.6 Å². The average molecular weight is 191 g/mol. The Kier molecular flexibility index (Phi) is 2.60. The van der Waals surface area contributed by atoms with Crippen molar-refractivity contribution in [2.45, 2.75) is 20.0 Å². The highest BCUT2D eigenvalue weighted by atomic mass is 15.0. The first-order valence-corrected chi connectivity index (χ1v) is 4.54. The lowest BCUT2D eigenvalue weighted by molar-refractivity contribution is 0.657. The molecule has 0 aliphatic rings. The number of hydrogen-bond donors (Lipinski definition) is 3. The molecule has 0 atom stereocenters. The SMILES string of the molecule is Cc1[nH]cnc1CNCc1ncc[nH]1. The normalized spacial score (nSPS) is 10.6. The van der Waals surface area contributed by atoms with Gasteiger partial charge in [-0.05, 0) is 6.92 Å². The third-order valence-corrected chi connectivity index (χ3v) is 2.07. The van der Waals surface area contributed by atoms with Crippen molar-refractivity contribution in [1.29, 1.82) is 0 Å². The Labute approximate surface area is 82.0 Å². The number of nitrogens with zero attached hydrogens (tertiary/aromatic N) is 2. The number of H-pyrrole nitrogens is 2. The third kappa shape index (κ3) is 2.00. The minimum absolute atomic E-state index is 0.735. The van der Waals surface area contributed by atoms with E-state index in [1.165, 1.54) is 0 Å². The fourth-order valence-corrected chi connectivity index (χ4v) is 1.26. The second-order valence-corrected chi connectivity index (χ2v) is 3.11. The fourth-order valence-electron chi connectivity index (χ4n) is 1.26. The summed E-state index contributed by atoms with van der Waals surface area (Å²) in [5, 5.41) is 3.25. The van der Waals surface area contributed by atoms with Crippen LogP contribution in [-0.4, -0.2) is 19.9 Å². The lowest BCUT2D eigenvalue weighted by atomic mass is 10.3. The Balaban J connectivity index is 1.81. The highest BCUT2D eigenvalue weighted by Gasteiger charge is 2.00. The summed E-state index contributed by atoms with van der Waals surface area (Å²) < 4.78 is 0. The van der Waals surface area contributed by atoms with Crippen LogP contribution < -0.4 is 5.32 Å². The Morgan fingerprint density at radius 2 is 2.21 bits per heavy atom. The number of aromatic amines is 2. The average Bonchev–Trinajstić information content (AvgIpc) is 2.78. The number of nitrogens with one attached hydrogen (secondary N) is 3. The summed E-state index contributed by atoms with van der Waals surface area (Å²) in [5.74, 6) is 0.943. The molecule has 74 valence electrons. The van der Waals surface area contributed by atoms with Crippen LogP contribution >= 0.6 is 0 Å². The van der Waals surface area contributed by atoms with Crippen LogP contribution in [0.1, 0.15) is 17.2 Å². The monoisotopic (exact) mass is 191 g/mol. The first-order chi connectivity index (χ1) is 6.86. The summed E-state index contributed by atoms with van der Waals surface area (Å²) in [4.78, 5) is 14.4. The van der Waals surface area contributed by atoms with Gasteiger partial charge in [0.25, 0.3) is 0 Å². The van der Waals surface area contributed by atoms with E-state index in [1.807, 2.05) is 13.1 Å². The minimum Gasteiger partial charge on any atom is -0.348 e. The molecular weight excluding hydrogens is 178 g/mol. The first kappa shape index (κ1) is 8.96. The highest BCUT2D eigenvalue weighted by molar-refractivity contribution is 5.08. The Morgan fingerprint density at radius 1 is 1.29 bits per heavy atom. The number of aromatic nitrogens is 4. The van der Waals surface area contributed by atoms with Gasteiger partial charge in [-0.15, -0.1) is 0 Å². The van der Waals surface area contributed by atoms with Gasteiger partial charge in [0.15, 0.2) is 0 Å². The van der Waals surface area contributed by atoms with Crippen LogP contribution in [0, 0.1) is 6.92 Å². The van der Waals surface area contributed by atoms with E-state index in [4.69, 9.17) is 0 Å². The van der Waals surface area contributed by atoms with Crippen molar-refractivity contribution in [3.8, 4) is 0 Å². The van der Waals surface area contributed by atoms with Crippen molar-refractivity contribution in [1.82, 2.24) is 25.3 Å². The zero-order valence-electron chi connectivity index (χ0n) is 8.04. The molecule has 0 aliphatic carbocycles. The zero-order chi connectivity index (χ0) is 9.80. The predicted molar refractivity (Wildman–Crippen MR) is 52.5 cm³/mol. The van der Waals surface area contributed by atoms with E-state index < -0.39 is 0 Å². The summed E-state index contributed by atoms with van der Waals surface area (Å²) in [6, 6.07) is 0. The molecule has 3 N–H and O–H groups in total. The lowest BCUT2D eigenvalue weighted by Gasteiger charge is -2.00. The van der Waals surface area contributed by atoms with Crippen molar-refractivity contribution < 1.29 is 0 Å². The van der Waals surface area contributed by atoms with Crippen molar-refractivity contribution in [3.63, 3.8) is 0 Å². The molecular formula is C9H13N5. The maximum Gasteiger partial charge on any atom is 0.120 e. The van der Waals surface area contributed by atoms with Crippen molar-refractivity contribution in [2.24, 2.45) is 0 Å². The largest absolute Gasteiger partial charge is 0.348 e. The van der Waals surface area contributed by atoms with E-state index in [2.05, 4.69) is 25.3 Å². The molecule has 14 heavy (non-hydrogen) atoms. The number of imidazole rings is 2. The molecule has 0 amide bonds. The molecule has 0 spiro atoms. The minimum atomic E-state index is 0.735. The summed E-state index contributed by atoms with van der Waals surface area (Å²) >= 11 is 0. The quantitative estimate of drug-likeness (QED) is 0.667. The first-order valence-electron chi connectivity index (χ1n) is 4.54. The van der Waals surface area contributed by atoms with Gasteiger partial charge in [-0.3, -0.25) is 0 Å². The standard InChI is InChI=1S/C9H13N5/c1-7-8(14-6-13-7)4-10-5-9-11-2-3-12-9/h2-3,6,10H,4-5H2,1H3,(H,11,12)(H,13,14). The number of rotatable bonds is 4. The maximum absolute atomic E-state index is 4.19. The Morgan fingerprint density at radius 3 is 2.86 bits per heavy atom. The van der Waals surface area contributed by atoms with Gasteiger partial charge in [0.05, 0.1) is 18.6 Å². The van der Waals surface area contributed by atoms with Gasteiger partial charge in [0.1, 0.15) is 5.82 Å². The van der Waals surface area contributed by atoms with Gasteiger partial charge >= 0.3 is 0 Å². The molecule has 0 unspecified atom stereocenters. The van der Waals surface area contributed by atoms with Crippen molar-refractivity contribution in [3.05, 3.63) is 35.9 Å². The van der Waals surface area contributed by atoms with E-state index in [9.17, 15) is 0 Å². The van der Waals surface area contributed by atoms with Crippen LogP contribution in [0.3, 0.4) is 0 Å². The third-order valence-electron chi connectivity index (χ3n) is 2.07. The Hall–Kier alpha value is -1.62. The second-order valence-electron chi connectivity index (χ2n) is 3.11. The van der Waals surface area contributed by atoms with Crippen LogP contribution in [0.4, 0.5) is 0 Å². The van der Waals surface area contributed by atoms with Gasteiger partial charge in [-0.1, -0.05) is 0 Å². The molecule has 0 bridgehead atoms. The summed E-state index contributed by atoms with van der Waals surface area (Å²) in [6.45, 7) is 3.51. The zero-order valence-corrected chi connectivity index (χ0v) is 8.04. The summed E-state index contributed by atoms with van der Waals surface area (Å²) in [5.41, 5.74) is 2.16. The van der Waals surface area contributed by atoms with Crippen LogP contribution in [0.2, 0.25) is 0 Å². The van der Waals surface area contributed by atoms with Crippen molar-refractivity contribution >= 4 is 0 Å². The molecule has 5 nitrogen and oxygen atoms in total. The highest BCUT2D eigenvalue weighted by Crippen LogP contribution is 1.99. The fraction of sp³-hybridized carbons (Fsp3) is 0.333. The molecule has 0 aliphatic heterocycles. The maximum atomic E-state index is 4.19. The van der Waals surface area contributed by atoms with Crippen LogP contribution in [0.5, 0.6) is 0 Å². The molecule has 0 aromatic carbocycles. The van der Waals surface area contributed by atoms with E-state index in [0.29, 0.717) is 0 Å². The van der Waals surface area contributed by atoms with E-state index in [0.717, 1.165) is 30.3 Å². The molecule has 2 rings (SSSR count). The van der Waals surface area contributed by atoms with Crippen LogP contribution in [0.25, 0.3) is 0 Å². The topological polar surface area (TPSA) is 69.4 Å². The molecule has 0 saturated heterocycles. The van der Waals surface area contributed by atoms with Gasteiger partial charge in [-0.25, -0.2) is 9.97 Å². The van der Waals surface area contributed by atoms with Gasteiger partial charge in [0.2, 0.25) is 0 Å². The molecule has 0 radical (unpaired) electrons. The van der Waals surface area contributed by atoms with Crippen LogP contribution in [-0.2, 0) is 13.1 Å². The van der Waals surface area contributed by atoms with E-state index >= 15 is 0 Å². The molecule has 2 heterocycles. The molecule has 0 fully saturated rings. The van der Waals surface area contributed by atoms with E-state index in [-0.39, 0.29) is 0 Å². The molecule has 2 aromatic rings.